The Kier molecular flexibility index (Phi) is 6.12. The predicted octanol–water partition coefficient (Wildman–Crippen LogP) is 4.58. The molecule has 2 N–H and O–H groups in total. The number of hydrogen-bond acceptors (Lipinski definition) is 3. The Labute approximate surface area is 152 Å². The maximum atomic E-state index is 11.0. The third-order valence-electron chi connectivity index (χ3n) is 6.07. The summed E-state index contributed by atoms with van der Waals surface area (Å²) in [5.74, 6) is 0.414. The van der Waals surface area contributed by atoms with Crippen molar-refractivity contribution < 1.29 is 14.9 Å². The van der Waals surface area contributed by atoms with E-state index in [0.29, 0.717) is 31.6 Å². The lowest BCUT2D eigenvalue weighted by Gasteiger charge is -2.35. The van der Waals surface area contributed by atoms with Crippen LogP contribution < -0.4 is 0 Å². The molecular formula is C20H35ClO3. The molecule has 3 nitrogen and oxygen atoms in total. The first-order chi connectivity index (χ1) is 11.0. The molecule has 0 aromatic rings. The van der Waals surface area contributed by atoms with Gasteiger partial charge in [0.25, 0.3) is 0 Å². The Balaban J connectivity index is 2.27. The Morgan fingerprint density at radius 1 is 1.12 bits per heavy atom. The van der Waals surface area contributed by atoms with Gasteiger partial charge in [-0.1, -0.05) is 25.5 Å². The van der Waals surface area contributed by atoms with Crippen molar-refractivity contribution >= 4 is 11.6 Å². The largest absolute Gasteiger partial charge is 0.390 e. The van der Waals surface area contributed by atoms with Crippen LogP contribution in [0.15, 0.2) is 11.6 Å². The van der Waals surface area contributed by atoms with Gasteiger partial charge in [0.2, 0.25) is 0 Å². The van der Waals surface area contributed by atoms with Gasteiger partial charge in [0.05, 0.1) is 28.3 Å². The summed E-state index contributed by atoms with van der Waals surface area (Å²) in [7, 11) is 0. The van der Waals surface area contributed by atoms with Gasteiger partial charge in [-0.3, -0.25) is 0 Å². The second-order valence-electron chi connectivity index (χ2n) is 8.96. The number of aliphatic hydroxyl groups is 2. The van der Waals surface area contributed by atoms with E-state index in [1.54, 1.807) is 0 Å². The van der Waals surface area contributed by atoms with Crippen molar-refractivity contribution in [1.29, 1.82) is 0 Å². The van der Waals surface area contributed by atoms with E-state index >= 15 is 0 Å². The van der Waals surface area contributed by atoms with Gasteiger partial charge in [-0.05, 0) is 71.6 Å². The zero-order chi connectivity index (χ0) is 18.2. The van der Waals surface area contributed by atoms with Gasteiger partial charge in [-0.2, -0.15) is 0 Å². The van der Waals surface area contributed by atoms with Gasteiger partial charge in [-0.25, -0.2) is 0 Å². The van der Waals surface area contributed by atoms with Gasteiger partial charge in [0.1, 0.15) is 0 Å². The van der Waals surface area contributed by atoms with E-state index in [4.69, 9.17) is 16.3 Å². The number of halogens is 1. The van der Waals surface area contributed by atoms with Gasteiger partial charge >= 0.3 is 0 Å². The van der Waals surface area contributed by atoms with Crippen molar-refractivity contribution in [1.82, 2.24) is 0 Å². The summed E-state index contributed by atoms with van der Waals surface area (Å²) in [6.07, 6.45) is 7.21. The maximum Gasteiger partial charge on any atom is 0.0883 e. The molecule has 2 bridgehead atoms. The molecular weight excluding hydrogens is 324 g/mol. The van der Waals surface area contributed by atoms with Crippen LogP contribution in [-0.2, 0) is 4.74 Å². The zero-order valence-corrected chi connectivity index (χ0v) is 16.7. The zero-order valence-electron chi connectivity index (χ0n) is 15.9. The fourth-order valence-corrected chi connectivity index (χ4v) is 4.18. The third kappa shape index (κ3) is 4.75. The van der Waals surface area contributed by atoms with Crippen LogP contribution in [0.4, 0.5) is 0 Å². The highest BCUT2D eigenvalue weighted by Gasteiger charge is 2.47. The van der Waals surface area contributed by atoms with Crippen LogP contribution >= 0.6 is 11.6 Å². The lowest BCUT2D eigenvalue weighted by Crippen LogP contribution is -2.43. The average Bonchev–Trinajstić information content (AvgIpc) is 2.88. The summed E-state index contributed by atoms with van der Waals surface area (Å²) in [4.78, 5) is 0. The number of ether oxygens (including phenoxy) is 1. The minimum Gasteiger partial charge on any atom is -0.390 e. The predicted molar refractivity (Wildman–Crippen MR) is 99.4 cm³/mol. The second kappa shape index (κ2) is 7.26. The van der Waals surface area contributed by atoms with Crippen LogP contribution in [0.1, 0.15) is 79.6 Å². The quantitative estimate of drug-likeness (QED) is 0.532. The molecule has 0 amide bonds. The van der Waals surface area contributed by atoms with Crippen molar-refractivity contribution in [2.45, 2.75) is 108 Å². The molecule has 4 heteroatoms. The minimum atomic E-state index is -0.848. The fraction of sp³-hybridized carbons (Fsp3) is 0.900. The molecule has 2 aliphatic heterocycles. The second-order valence-corrected chi connectivity index (χ2v) is 9.48. The summed E-state index contributed by atoms with van der Waals surface area (Å²) >= 11 is 6.65. The molecule has 0 saturated carbocycles. The summed E-state index contributed by atoms with van der Waals surface area (Å²) < 4.78 is 6.27. The number of rotatable bonds is 1. The molecule has 0 radical (unpaired) electrons. The van der Waals surface area contributed by atoms with E-state index < -0.39 is 16.8 Å². The van der Waals surface area contributed by atoms with Gasteiger partial charge in [0.15, 0.2) is 0 Å². The number of alkyl halides is 1. The topological polar surface area (TPSA) is 49.7 Å². The van der Waals surface area contributed by atoms with Gasteiger partial charge < -0.3 is 14.9 Å². The van der Waals surface area contributed by atoms with E-state index in [9.17, 15) is 10.2 Å². The highest BCUT2D eigenvalue weighted by molar-refractivity contribution is 6.21. The minimum absolute atomic E-state index is 0.154. The van der Waals surface area contributed by atoms with Crippen LogP contribution in [0.2, 0.25) is 0 Å². The van der Waals surface area contributed by atoms with E-state index in [-0.39, 0.29) is 11.5 Å². The highest BCUT2D eigenvalue weighted by atomic mass is 35.5. The fourth-order valence-electron chi connectivity index (χ4n) is 3.91. The summed E-state index contributed by atoms with van der Waals surface area (Å²) in [6, 6.07) is 0. The average molecular weight is 359 g/mol. The van der Waals surface area contributed by atoms with Crippen LogP contribution in [-0.4, -0.2) is 38.5 Å². The smallest absolute Gasteiger partial charge is 0.0883 e. The van der Waals surface area contributed by atoms with Crippen LogP contribution in [0.25, 0.3) is 0 Å². The Bertz CT molecular complexity index is 470. The molecule has 1 fully saturated rings. The monoisotopic (exact) mass is 358 g/mol. The lowest BCUT2D eigenvalue weighted by atomic mass is 9.84. The SMILES string of the molecule is CC(C)/C1=C/C[C@](C)(O)CC[C@@H](Cl)[C@@]2(C)CC[C@H](O2)[C@](C)(O)CC1. The van der Waals surface area contributed by atoms with Crippen molar-refractivity contribution in [3.63, 3.8) is 0 Å². The summed E-state index contributed by atoms with van der Waals surface area (Å²) in [5.41, 5.74) is -0.718. The van der Waals surface area contributed by atoms with Gasteiger partial charge in [0, 0.05) is 0 Å². The van der Waals surface area contributed by atoms with Crippen LogP contribution in [0, 0.1) is 5.92 Å². The van der Waals surface area contributed by atoms with Crippen molar-refractivity contribution in [2.75, 3.05) is 0 Å². The molecule has 2 aliphatic rings. The van der Waals surface area contributed by atoms with Crippen LogP contribution in [0.5, 0.6) is 0 Å². The molecule has 2 rings (SSSR count). The lowest BCUT2D eigenvalue weighted by molar-refractivity contribution is -0.128. The van der Waals surface area contributed by atoms with E-state index in [1.807, 2.05) is 20.8 Å². The third-order valence-corrected chi connectivity index (χ3v) is 6.75. The number of fused-ring (bicyclic) bond motifs is 2. The number of allylic oxidation sites excluding steroid dienone is 1. The molecule has 5 atom stereocenters. The molecule has 0 spiro atoms. The molecule has 140 valence electrons. The Hall–Kier alpha value is -0.0900. The van der Waals surface area contributed by atoms with E-state index in [0.717, 1.165) is 19.3 Å². The molecule has 24 heavy (non-hydrogen) atoms. The van der Waals surface area contributed by atoms with Crippen molar-refractivity contribution in [3.8, 4) is 0 Å². The van der Waals surface area contributed by atoms with Crippen LogP contribution in [0.3, 0.4) is 0 Å². The molecule has 0 unspecified atom stereocenters. The first-order valence-electron chi connectivity index (χ1n) is 9.41. The Morgan fingerprint density at radius 3 is 2.42 bits per heavy atom. The molecule has 1 saturated heterocycles. The molecule has 0 aromatic carbocycles. The van der Waals surface area contributed by atoms with E-state index in [1.165, 1.54) is 5.57 Å². The maximum absolute atomic E-state index is 11.0. The van der Waals surface area contributed by atoms with Crippen molar-refractivity contribution in [2.24, 2.45) is 5.92 Å². The van der Waals surface area contributed by atoms with E-state index in [2.05, 4.69) is 19.9 Å². The first-order valence-corrected chi connectivity index (χ1v) is 9.84. The Morgan fingerprint density at radius 2 is 1.79 bits per heavy atom. The number of hydrogen-bond donors (Lipinski definition) is 2. The molecule has 0 aliphatic carbocycles. The normalized spacial score (nSPS) is 47.5. The summed E-state index contributed by atoms with van der Waals surface area (Å²) in [6.45, 7) is 10.2. The summed E-state index contributed by atoms with van der Waals surface area (Å²) in [5, 5.41) is 21.5. The first kappa shape index (κ1) is 20.2. The van der Waals surface area contributed by atoms with Crippen molar-refractivity contribution in [3.05, 3.63) is 11.6 Å². The highest BCUT2D eigenvalue weighted by Crippen LogP contribution is 2.43. The standard InChI is InChI=1S/C20H35ClO3/c1-14(2)15-6-10-18(3,22)11-8-16(21)20(5)13-9-17(24-20)19(4,23)12-7-15/h6,14,16-17,22-23H,7-13H2,1-5H3/b15-6+/t16-,17+,18+,19-,20-/m1/s1. The molecule has 2 heterocycles. The van der Waals surface area contributed by atoms with Gasteiger partial charge in [-0.15, -0.1) is 11.6 Å². The molecule has 0 aromatic heterocycles.